The molecule has 0 aliphatic rings. The lowest BCUT2D eigenvalue weighted by Gasteiger charge is -2.10. The summed E-state index contributed by atoms with van der Waals surface area (Å²) < 4.78 is 5.39. The van der Waals surface area contributed by atoms with E-state index in [0.29, 0.717) is 28.6 Å². The predicted octanol–water partition coefficient (Wildman–Crippen LogP) is 5.04. The quantitative estimate of drug-likeness (QED) is 0.474. The molecular formula is C23H22ClN3O3. The van der Waals surface area contributed by atoms with E-state index in [1.54, 1.807) is 72.8 Å². The van der Waals surface area contributed by atoms with Crippen molar-refractivity contribution < 1.29 is 14.3 Å². The Morgan fingerprint density at radius 3 is 2.23 bits per heavy atom. The third-order valence-corrected chi connectivity index (χ3v) is 4.37. The fourth-order valence-electron chi connectivity index (χ4n) is 2.70. The van der Waals surface area contributed by atoms with Crippen LogP contribution in [-0.2, 0) is 4.79 Å². The molecule has 154 valence electrons. The maximum atomic E-state index is 12.4. The molecule has 3 aromatic rings. The summed E-state index contributed by atoms with van der Waals surface area (Å²) in [5.74, 6) is 0.337. The lowest BCUT2D eigenvalue weighted by Crippen LogP contribution is -2.21. The Hall–Kier alpha value is -3.51. The van der Waals surface area contributed by atoms with E-state index in [2.05, 4.69) is 16.0 Å². The second-order valence-corrected chi connectivity index (χ2v) is 6.84. The smallest absolute Gasteiger partial charge is 0.255 e. The molecule has 0 aliphatic heterocycles. The molecule has 3 aromatic carbocycles. The number of halogens is 1. The van der Waals surface area contributed by atoms with Gasteiger partial charge >= 0.3 is 0 Å². The first-order valence-electron chi connectivity index (χ1n) is 9.47. The summed E-state index contributed by atoms with van der Waals surface area (Å²) in [4.78, 5) is 24.4. The van der Waals surface area contributed by atoms with Gasteiger partial charge in [0.2, 0.25) is 5.91 Å². The van der Waals surface area contributed by atoms with Gasteiger partial charge in [-0.25, -0.2) is 0 Å². The van der Waals surface area contributed by atoms with Crippen molar-refractivity contribution in [1.29, 1.82) is 0 Å². The number of anilines is 3. The Bertz CT molecular complexity index is 1000. The van der Waals surface area contributed by atoms with Crippen molar-refractivity contribution in [2.75, 3.05) is 29.1 Å². The standard InChI is InChI=1S/C23H22ClN3O3/c1-2-30-21-12-10-19(11-13-21)27-23(29)16-6-8-18(9-7-16)25-15-22(28)26-20-5-3-4-17(24)14-20/h3-14,25H,2,15H2,1H3,(H,26,28)(H,27,29). The zero-order valence-corrected chi connectivity index (χ0v) is 17.2. The van der Waals surface area contributed by atoms with Crippen LogP contribution in [0.3, 0.4) is 0 Å². The summed E-state index contributed by atoms with van der Waals surface area (Å²) in [5.41, 5.74) is 2.56. The van der Waals surface area contributed by atoms with E-state index in [1.807, 2.05) is 6.92 Å². The van der Waals surface area contributed by atoms with Gasteiger partial charge < -0.3 is 20.7 Å². The fraction of sp³-hybridized carbons (Fsp3) is 0.130. The van der Waals surface area contributed by atoms with Crippen LogP contribution in [0.1, 0.15) is 17.3 Å². The number of carbonyl (C=O) groups excluding carboxylic acids is 2. The van der Waals surface area contributed by atoms with Gasteiger partial charge in [0.1, 0.15) is 5.75 Å². The largest absolute Gasteiger partial charge is 0.494 e. The van der Waals surface area contributed by atoms with E-state index in [9.17, 15) is 9.59 Å². The second kappa shape index (κ2) is 10.3. The Kier molecular flexibility index (Phi) is 7.29. The molecule has 7 heteroatoms. The molecule has 6 nitrogen and oxygen atoms in total. The Balaban J connectivity index is 1.50. The van der Waals surface area contributed by atoms with Crippen molar-refractivity contribution in [2.24, 2.45) is 0 Å². The zero-order valence-electron chi connectivity index (χ0n) is 16.4. The van der Waals surface area contributed by atoms with Gasteiger partial charge in [0.15, 0.2) is 0 Å². The van der Waals surface area contributed by atoms with Gasteiger partial charge in [-0.15, -0.1) is 0 Å². The van der Waals surface area contributed by atoms with E-state index >= 15 is 0 Å². The molecule has 3 N–H and O–H groups in total. The lowest BCUT2D eigenvalue weighted by molar-refractivity contribution is -0.114. The van der Waals surface area contributed by atoms with E-state index in [0.717, 1.165) is 11.4 Å². The first kappa shape index (κ1) is 21.2. The van der Waals surface area contributed by atoms with Crippen LogP contribution in [0.15, 0.2) is 72.8 Å². The van der Waals surface area contributed by atoms with E-state index in [4.69, 9.17) is 16.3 Å². The first-order valence-corrected chi connectivity index (χ1v) is 9.85. The normalized spacial score (nSPS) is 10.2. The zero-order chi connectivity index (χ0) is 21.3. The molecule has 0 aliphatic carbocycles. The fourth-order valence-corrected chi connectivity index (χ4v) is 2.89. The van der Waals surface area contributed by atoms with Crippen molar-refractivity contribution in [1.82, 2.24) is 0 Å². The monoisotopic (exact) mass is 423 g/mol. The molecule has 0 saturated carbocycles. The molecule has 0 bridgehead atoms. The molecule has 3 rings (SSSR count). The van der Waals surface area contributed by atoms with Gasteiger partial charge in [-0.3, -0.25) is 9.59 Å². The minimum Gasteiger partial charge on any atom is -0.494 e. The molecule has 0 heterocycles. The second-order valence-electron chi connectivity index (χ2n) is 6.40. The van der Waals surface area contributed by atoms with Crippen LogP contribution in [0.2, 0.25) is 5.02 Å². The van der Waals surface area contributed by atoms with Crippen LogP contribution < -0.4 is 20.7 Å². The van der Waals surface area contributed by atoms with Crippen molar-refractivity contribution >= 4 is 40.5 Å². The Labute approximate surface area is 180 Å². The predicted molar refractivity (Wildman–Crippen MR) is 121 cm³/mol. The third kappa shape index (κ3) is 6.25. The summed E-state index contributed by atoms with van der Waals surface area (Å²) >= 11 is 5.91. The SMILES string of the molecule is CCOc1ccc(NC(=O)c2ccc(NCC(=O)Nc3cccc(Cl)c3)cc2)cc1. The summed E-state index contributed by atoms with van der Waals surface area (Å²) in [6.07, 6.45) is 0. The van der Waals surface area contributed by atoms with Crippen LogP contribution in [0.25, 0.3) is 0 Å². The lowest BCUT2D eigenvalue weighted by atomic mass is 10.2. The highest BCUT2D eigenvalue weighted by molar-refractivity contribution is 6.30. The maximum absolute atomic E-state index is 12.4. The highest BCUT2D eigenvalue weighted by atomic mass is 35.5. The van der Waals surface area contributed by atoms with Crippen LogP contribution in [-0.4, -0.2) is 25.0 Å². The van der Waals surface area contributed by atoms with Crippen molar-refractivity contribution in [3.8, 4) is 5.75 Å². The number of benzene rings is 3. The summed E-state index contributed by atoms with van der Waals surface area (Å²) in [7, 11) is 0. The average Bonchev–Trinajstić information content (AvgIpc) is 2.74. The summed E-state index contributed by atoms with van der Waals surface area (Å²) in [6.45, 7) is 2.60. The highest BCUT2D eigenvalue weighted by Crippen LogP contribution is 2.18. The molecule has 0 unspecified atom stereocenters. The number of hydrogen-bond acceptors (Lipinski definition) is 4. The van der Waals surface area contributed by atoms with E-state index in [1.165, 1.54) is 0 Å². The number of carbonyl (C=O) groups is 2. The number of amides is 2. The van der Waals surface area contributed by atoms with E-state index < -0.39 is 0 Å². The third-order valence-electron chi connectivity index (χ3n) is 4.13. The van der Waals surface area contributed by atoms with Gasteiger partial charge in [-0.1, -0.05) is 17.7 Å². The first-order chi connectivity index (χ1) is 14.5. The number of hydrogen-bond donors (Lipinski definition) is 3. The molecule has 2 amide bonds. The van der Waals surface area contributed by atoms with Crippen LogP contribution in [0.4, 0.5) is 17.1 Å². The molecule has 0 atom stereocenters. The maximum Gasteiger partial charge on any atom is 0.255 e. The number of rotatable bonds is 8. The Morgan fingerprint density at radius 2 is 1.57 bits per heavy atom. The molecule has 0 fully saturated rings. The van der Waals surface area contributed by atoms with Gasteiger partial charge in [0, 0.05) is 27.6 Å². The number of nitrogens with one attached hydrogen (secondary N) is 3. The summed E-state index contributed by atoms with van der Waals surface area (Å²) in [5, 5.41) is 9.18. The topological polar surface area (TPSA) is 79.5 Å². The van der Waals surface area contributed by atoms with Crippen molar-refractivity contribution in [3.05, 3.63) is 83.4 Å². The minimum absolute atomic E-state index is 0.0875. The summed E-state index contributed by atoms with van der Waals surface area (Å²) in [6, 6.07) is 21.0. The molecule has 0 aromatic heterocycles. The molecule has 0 radical (unpaired) electrons. The van der Waals surface area contributed by atoms with Crippen LogP contribution >= 0.6 is 11.6 Å². The van der Waals surface area contributed by atoms with Gasteiger partial charge in [0.25, 0.3) is 5.91 Å². The molecule has 0 saturated heterocycles. The molecule has 0 spiro atoms. The highest BCUT2D eigenvalue weighted by Gasteiger charge is 2.07. The molecular weight excluding hydrogens is 402 g/mol. The van der Waals surface area contributed by atoms with Crippen molar-refractivity contribution in [3.63, 3.8) is 0 Å². The molecule has 30 heavy (non-hydrogen) atoms. The van der Waals surface area contributed by atoms with Gasteiger partial charge in [-0.2, -0.15) is 0 Å². The van der Waals surface area contributed by atoms with Gasteiger partial charge in [0.05, 0.1) is 13.2 Å². The average molecular weight is 424 g/mol. The van der Waals surface area contributed by atoms with Gasteiger partial charge in [-0.05, 0) is 73.7 Å². The van der Waals surface area contributed by atoms with Crippen LogP contribution in [0, 0.1) is 0 Å². The van der Waals surface area contributed by atoms with Crippen LogP contribution in [0.5, 0.6) is 5.75 Å². The minimum atomic E-state index is -0.218. The van der Waals surface area contributed by atoms with Crippen molar-refractivity contribution in [2.45, 2.75) is 6.92 Å². The Morgan fingerprint density at radius 1 is 0.867 bits per heavy atom. The van der Waals surface area contributed by atoms with E-state index in [-0.39, 0.29) is 18.4 Å². The number of ether oxygens (including phenoxy) is 1.